The molecule has 0 radical (unpaired) electrons. The lowest BCUT2D eigenvalue weighted by atomic mass is 10.2. The lowest BCUT2D eigenvalue weighted by molar-refractivity contribution is 0.171. The summed E-state index contributed by atoms with van der Waals surface area (Å²) >= 11 is 0. The molecule has 1 atom stereocenters. The predicted molar refractivity (Wildman–Crippen MR) is 79.4 cm³/mol. The van der Waals surface area contributed by atoms with Crippen molar-refractivity contribution in [1.29, 1.82) is 0 Å². The number of nitrogens with one attached hydrogen (secondary N) is 1. The molecular formula is C16H24N2O2. The van der Waals surface area contributed by atoms with Crippen LogP contribution < -0.4 is 14.8 Å². The van der Waals surface area contributed by atoms with Gasteiger partial charge in [0.2, 0.25) is 0 Å². The molecule has 0 spiro atoms. The maximum absolute atomic E-state index is 5.61. The molecular weight excluding hydrogens is 252 g/mol. The molecule has 20 heavy (non-hydrogen) atoms. The van der Waals surface area contributed by atoms with Crippen molar-refractivity contribution in [2.45, 2.75) is 38.4 Å². The van der Waals surface area contributed by atoms with Gasteiger partial charge in [-0.15, -0.1) is 0 Å². The van der Waals surface area contributed by atoms with Crippen LogP contribution in [0, 0.1) is 0 Å². The zero-order chi connectivity index (χ0) is 13.9. The van der Waals surface area contributed by atoms with E-state index in [9.17, 15) is 0 Å². The molecule has 110 valence electrons. The van der Waals surface area contributed by atoms with Crippen LogP contribution in [0.5, 0.6) is 11.5 Å². The fourth-order valence-electron chi connectivity index (χ4n) is 2.61. The molecule has 1 N–H and O–H groups in total. The van der Waals surface area contributed by atoms with E-state index in [0.29, 0.717) is 19.3 Å². The van der Waals surface area contributed by atoms with Crippen molar-refractivity contribution < 1.29 is 9.47 Å². The number of rotatable bonds is 6. The smallest absolute Gasteiger partial charge is 0.161 e. The summed E-state index contributed by atoms with van der Waals surface area (Å²) in [6.45, 7) is 5.47. The van der Waals surface area contributed by atoms with Gasteiger partial charge in [0.25, 0.3) is 0 Å². The second kappa shape index (κ2) is 6.02. The van der Waals surface area contributed by atoms with Crippen LogP contribution in [-0.4, -0.2) is 43.8 Å². The highest BCUT2D eigenvalue weighted by molar-refractivity contribution is 5.43. The van der Waals surface area contributed by atoms with Gasteiger partial charge in [0.05, 0.1) is 0 Å². The number of nitrogens with zero attached hydrogens (tertiary/aromatic N) is 1. The van der Waals surface area contributed by atoms with Gasteiger partial charge in [-0.05, 0) is 44.5 Å². The Morgan fingerprint density at radius 1 is 1.25 bits per heavy atom. The molecule has 1 aliphatic heterocycles. The van der Waals surface area contributed by atoms with E-state index in [-0.39, 0.29) is 0 Å². The average molecular weight is 276 g/mol. The molecule has 0 aromatic heterocycles. The SMILES string of the molecule is CC(CNCc1ccc2c(c1)OCCO2)N(C)C1CC1. The van der Waals surface area contributed by atoms with Gasteiger partial charge < -0.3 is 14.8 Å². The van der Waals surface area contributed by atoms with Crippen LogP contribution in [0.1, 0.15) is 25.3 Å². The Hall–Kier alpha value is -1.26. The Kier molecular flexibility index (Phi) is 4.13. The molecule has 0 bridgehead atoms. The highest BCUT2D eigenvalue weighted by Gasteiger charge is 2.28. The molecule has 1 aromatic rings. The van der Waals surface area contributed by atoms with E-state index in [2.05, 4.69) is 36.3 Å². The maximum Gasteiger partial charge on any atom is 0.161 e. The summed E-state index contributed by atoms with van der Waals surface area (Å²) in [5.41, 5.74) is 1.25. The van der Waals surface area contributed by atoms with Gasteiger partial charge in [0.1, 0.15) is 13.2 Å². The number of hydrogen-bond donors (Lipinski definition) is 1. The molecule has 1 saturated carbocycles. The molecule has 1 unspecified atom stereocenters. The van der Waals surface area contributed by atoms with Gasteiger partial charge in [0.15, 0.2) is 11.5 Å². The highest BCUT2D eigenvalue weighted by atomic mass is 16.6. The van der Waals surface area contributed by atoms with Crippen molar-refractivity contribution in [3.63, 3.8) is 0 Å². The first-order valence-electron chi connectivity index (χ1n) is 7.55. The second-order valence-electron chi connectivity index (χ2n) is 5.85. The van der Waals surface area contributed by atoms with Crippen molar-refractivity contribution >= 4 is 0 Å². The first-order valence-corrected chi connectivity index (χ1v) is 7.55. The third-order valence-electron chi connectivity index (χ3n) is 4.19. The fourth-order valence-corrected chi connectivity index (χ4v) is 2.61. The average Bonchev–Trinajstić information content (AvgIpc) is 3.31. The van der Waals surface area contributed by atoms with Crippen molar-refractivity contribution in [3.05, 3.63) is 23.8 Å². The lowest BCUT2D eigenvalue weighted by Gasteiger charge is -2.25. The van der Waals surface area contributed by atoms with Crippen LogP contribution in [0.4, 0.5) is 0 Å². The normalized spacial score (nSPS) is 19.1. The number of benzene rings is 1. The minimum Gasteiger partial charge on any atom is -0.486 e. The van der Waals surface area contributed by atoms with E-state index >= 15 is 0 Å². The van der Waals surface area contributed by atoms with E-state index < -0.39 is 0 Å². The summed E-state index contributed by atoms with van der Waals surface area (Å²) < 4.78 is 11.1. The van der Waals surface area contributed by atoms with E-state index in [4.69, 9.17) is 9.47 Å². The monoisotopic (exact) mass is 276 g/mol. The number of hydrogen-bond acceptors (Lipinski definition) is 4. The Morgan fingerprint density at radius 2 is 2.00 bits per heavy atom. The molecule has 0 amide bonds. The summed E-state index contributed by atoms with van der Waals surface area (Å²) in [6, 6.07) is 7.60. The van der Waals surface area contributed by atoms with E-state index in [1.165, 1.54) is 18.4 Å². The third-order valence-corrected chi connectivity index (χ3v) is 4.19. The predicted octanol–water partition coefficient (Wildman–Crippen LogP) is 2.03. The molecule has 4 heteroatoms. The standard InChI is InChI=1S/C16H24N2O2/c1-12(18(2)14-4-5-14)10-17-11-13-3-6-15-16(9-13)20-8-7-19-15/h3,6,9,12,14,17H,4-5,7-8,10-11H2,1-2H3. The minimum atomic E-state index is 0.583. The summed E-state index contributed by atoms with van der Waals surface area (Å²) in [5.74, 6) is 1.74. The van der Waals surface area contributed by atoms with Gasteiger partial charge in [-0.3, -0.25) is 4.90 Å². The first kappa shape index (κ1) is 13.7. The molecule has 4 nitrogen and oxygen atoms in total. The van der Waals surface area contributed by atoms with E-state index in [0.717, 1.165) is 30.6 Å². The Labute approximate surface area is 121 Å². The topological polar surface area (TPSA) is 33.7 Å². The molecule has 2 aliphatic rings. The van der Waals surface area contributed by atoms with Gasteiger partial charge >= 0.3 is 0 Å². The number of ether oxygens (including phenoxy) is 2. The molecule has 1 fully saturated rings. The molecule has 1 aliphatic carbocycles. The first-order chi connectivity index (χ1) is 9.74. The highest BCUT2D eigenvalue weighted by Crippen LogP contribution is 2.30. The van der Waals surface area contributed by atoms with Crippen molar-refractivity contribution in [1.82, 2.24) is 10.2 Å². The summed E-state index contributed by atoms with van der Waals surface area (Å²) in [5, 5.41) is 3.53. The van der Waals surface area contributed by atoms with Gasteiger partial charge in [-0.25, -0.2) is 0 Å². The van der Waals surface area contributed by atoms with Crippen LogP contribution >= 0.6 is 0 Å². The lowest BCUT2D eigenvalue weighted by Crippen LogP contribution is -2.38. The van der Waals surface area contributed by atoms with Crippen LogP contribution in [0.2, 0.25) is 0 Å². The van der Waals surface area contributed by atoms with E-state index in [1.54, 1.807) is 0 Å². The molecule has 3 rings (SSSR count). The maximum atomic E-state index is 5.61. The summed E-state index contributed by atoms with van der Waals surface area (Å²) in [6.07, 6.45) is 2.73. The Balaban J connectivity index is 1.48. The van der Waals surface area contributed by atoms with E-state index in [1.807, 2.05) is 6.07 Å². The molecule has 0 saturated heterocycles. The Morgan fingerprint density at radius 3 is 2.75 bits per heavy atom. The zero-order valence-electron chi connectivity index (χ0n) is 12.4. The Bertz CT molecular complexity index is 460. The van der Waals surface area contributed by atoms with Crippen molar-refractivity contribution in [2.75, 3.05) is 26.8 Å². The second-order valence-corrected chi connectivity index (χ2v) is 5.85. The molecule has 1 aromatic carbocycles. The summed E-state index contributed by atoms with van der Waals surface area (Å²) in [4.78, 5) is 2.48. The number of fused-ring (bicyclic) bond motifs is 1. The third kappa shape index (κ3) is 3.25. The largest absolute Gasteiger partial charge is 0.486 e. The summed E-state index contributed by atoms with van der Waals surface area (Å²) in [7, 11) is 2.23. The van der Waals surface area contributed by atoms with Gasteiger partial charge in [-0.1, -0.05) is 6.07 Å². The van der Waals surface area contributed by atoms with Crippen LogP contribution in [0.3, 0.4) is 0 Å². The van der Waals surface area contributed by atoms with Crippen molar-refractivity contribution in [2.24, 2.45) is 0 Å². The van der Waals surface area contributed by atoms with Crippen LogP contribution in [0.25, 0.3) is 0 Å². The van der Waals surface area contributed by atoms with Crippen LogP contribution in [0.15, 0.2) is 18.2 Å². The van der Waals surface area contributed by atoms with Crippen LogP contribution in [-0.2, 0) is 6.54 Å². The quantitative estimate of drug-likeness (QED) is 0.862. The minimum absolute atomic E-state index is 0.583. The number of likely N-dealkylation sites (N-methyl/N-ethyl adjacent to an activating group) is 1. The molecule has 1 heterocycles. The zero-order valence-corrected chi connectivity index (χ0v) is 12.4. The fraction of sp³-hybridized carbons (Fsp3) is 0.625. The van der Waals surface area contributed by atoms with Gasteiger partial charge in [-0.2, -0.15) is 0 Å². The van der Waals surface area contributed by atoms with Gasteiger partial charge in [0, 0.05) is 25.2 Å². The van der Waals surface area contributed by atoms with Crippen molar-refractivity contribution in [3.8, 4) is 11.5 Å².